The van der Waals surface area contributed by atoms with Crippen molar-refractivity contribution in [2.45, 2.75) is 52.4 Å². The van der Waals surface area contributed by atoms with Crippen molar-refractivity contribution in [2.24, 2.45) is 11.3 Å². The van der Waals surface area contributed by atoms with Gasteiger partial charge in [0.25, 0.3) is 0 Å². The maximum atomic E-state index is 12.8. The van der Waals surface area contributed by atoms with Gasteiger partial charge in [-0.1, -0.05) is 33.1 Å². The number of imide groups is 1. The van der Waals surface area contributed by atoms with E-state index in [2.05, 4.69) is 5.32 Å². The molecule has 0 unspecified atom stereocenters. The fraction of sp³-hybridized carbons (Fsp3) is 0.524. The van der Waals surface area contributed by atoms with Gasteiger partial charge in [0, 0.05) is 23.6 Å². The highest BCUT2D eigenvalue weighted by molar-refractivity contribution is 6.10. The van der Waals surface area contributed by atoms with Crippen LogP contribution in [-0.2, 0) is 14.4 Å². The van der Waals surface area contributed by atoms with Crippen molar-refractivity contribution >= 4 is 29.2 Å². The molecule has 1 saturated carbocycles. The number of ketones is 1. The van der Waals surface area contributed by atoms with Crippen LogP contribution in [0.3, 0.4) is 0 Å². The highest BCUT2D eigenvalue weighted by Gasteiger charge is 2.51. The lowest BCUT2D eigenvalue weighted by Gasteiger charge is -2.30. The third-order valence-electron chi connectivity index (χ3n) is 5.60. The molecule has 0 atom stereocenters. The Bertz CT molecular complexity index is 761. The molecule has 27 heavy (non-hydrogen) atoms. The van der Waals surface area contributed by atoms with E-state index < -0.39 is 5.41 Å². The molecule has 2 fully saturated rings. The van der Waals surface area contributed by atoms with Gasteiger partial charge in [0.05, 0.1) is 12.0 Å². The highest BCUT2D eigenvalue weighted by Crippen LogP contribution is 2.45. The average Bonchev–Trinajstić information content (AvgIpc) is 2.86. The Morgan fingerprint density at radius 2 is 1.70 bits per heavy atom. The number of carbonyl (C=O) groups excluding carboxylic acids is 4. The summed E-state index contributed by atoms with van der Waals surface area (Å²) in [6.45, 7) is 3.39. The zero-order chi connectivity index (χ0) is 19.6. The molecule has 3 rings (SSSR count). The summed E-state index contributed by atoms with van der Waals surface area (Å²) < 4.78 is 0. The number of rotatable bonds is 5. The number of anilines is 1. The second-order valence-electron chi connectivity index (χ2n) is 7.95. The predicted octanol–water partition coefficient (Wildman–Crippen LogP) is 3.17. The average molecular weight is 370 g/mol. The number of benzene rings is 1. The molecule has 1 heterocycles. The van der Waals surface area contributed by atoms with Crippen LogP contribution in [0.4, 0.5) is 5.69 Å². The lowest BCUT2D eigenvalue weighted by molar-refractivity contribution is -0.141. The van der Waals surface area contributed by atoms with E-state index in [1.54, 1.807) is 38.1 Å². The van der Waals surface area contributed by atoms with Crippen LogP contribution < -0.4 is 5.32 Å². The fourth-order valence-corrected chi connectivity index (χ4v) is 3.90. The van der Waals surface area contributed by atoms with E-state index in [9.17, 15) is 19.2 Å². The Hall–Kier alpha value is -2.50. The smallest absolute Gasteiger partial charge is 0.236 e. The molecule has 0 aromatic heterocycles. The van der Waals surface area contributed by atoms with E-state index in [4.69, 9.17) is 0 Å². The van der Waals surface area contributed by atoms with Gasteiger partial charge in [0.2, 0.25) is 17.7 Å². The topological polar surface area (TPSA) is 83.6 Å². The number of amides is 3. The van der Waals surface area contributed by atoms with Crippen molar-refractivity contribution in [2.75, 3.05) is 11.9 Å². The molecule has 6 nitrogen and oxygen atoms in total. The molecule has 1 aliphatic heterocycles. The first-order valence-electron chi connectivity index (χ1n) is 9.61. The third-order valence-corrected chi connectivity index (χ3v) is 5.60. The standard InChI is InChI=1S/C21H26N2O4/c1-14(2)19(26)22-16-8-6-15(7-9-16)17(24)13-23-18(25)12-21(20(23)27)10-4-3-5-11-21/h6-9,14H,3-5,10-13H2,1-2H3,(H,22,26). The molecule has 1 saturated heterocycles. The summed E-state index contributed by atoms with van der Waals surface area (Å²) in [7, 11) is 0. The SMILES string of the molecule is CC(C)C(=O)Nc1ccc(C(=O)CN2C(=O)CC3(CCCCC3)C2=O)cc1. The highest BCUT2D eigenvalue weighted by atomic mass is 16.2. The summed E-state index contributed by atoms with van der Waals surface area (Å²) in [6, 6.07) is 6.53. The van der Waals surface area contributed by atoms with Crippen molar-refractivity contribution < 1.29 is 19.2 Å². The van der Waals surface area contributed by atoms with Crippen LogP contribution in [0.5, 0.6) is 0 Å². The van der Waals surface area contributed by atoms with Gasteiger partial charge in [-0.2, -0.15) is 0 Å². The van der Waals surface area contributed by atoms with Gasteiger partial charge in [0.15, 0.2) is 5.78 Å². The van der Waals surface area contributed by atoms with E-state index in [0.29, 0.717) is 11.3 Å². The molecular weight excluding hydrogens is 344 g/mol. The monoisotopic (exact) mass is 370 g/mol. The van der Waals surface area contributed by atoms with E-state index in [-0.39, 0.29) is 42.4 Å². The molecule has 1 spiro atoms. The number of hydrogen-bond acceptors (Lipinski definition) is 4. The molecule has 6 heteroatoms. The van der Waals surface area contributed by atoms with Crippen LogP contribution in [0.15, 0.2) is 24.3 Å². The maximum Gasteiger partial charge on any atom is 0.236 e. The number of likely N-dealkylation sites (tertiary alicyclic amines) is 1. The molecule has 2 aliphatic rings. The van der Waals surface area contributed by atoms with Crippen molar-refractivity contribution in [3.05, 3.63) is 29.8 Å². The van der Waals surface area contributed by atoms with Gasteiger partial charge in [-0.3, -0.25) is 24.1 Å². The Kier molecular flexibility index (Phi) is 5.44. The van der Waals surface area contributed by atoms with Crippen LogP contribution in [0, 0.1) is 11.3 Å². The summed E-state index contributed by atoms with van der Waals surface area (Å²) in [5.74, 6) is -0.922. The van der Waals surface area contributed by atoms with Gasteiger partial charge in [-0.25, -0.2) is 0 Å². The minimum Gasteiger partial charge on any atom is -0.326 e. The number of nitrogens with one attached hydrogen (secondary N) is 1. The minimum atomic E-state index is -0.569. The normalized spacial score (nSPS) is 19.0. The maximum absolute atomic E-state index is 12.8. The molecule has 0 bridgehead atoms. The van der Waals surface area contributed by atoms with E-state index >= 15 is 0 Å². The zero-order valence-corrected chi connectivity index (χ0v) is 15.9. The molecule has 1 N–H and O–H groups in total. The summed E-state index contributed by atoms with van der Waals surface area (Å²) in [4.78, 5) is 50.6. The number of hydrogen-bond donors (Lipinski definition) is 1. The van der Waals surface area contributed by atoms with E-state index in [0.717, 1.165) is 37.0 Å². The molecule has 144 valence electrons. The lowest BCUT2D eigenvalue weighted by atomic mass is 9.73. The first-order chi connectivity index (χ1) is 12.8. The van der Waals surface area contributed by atoms with Gasteiger partial charge in [-0.05, 0) is 37.1 Å². The largest absolute Gasteiger partial charge is 0.326 e. The van der Waals surface area contributed by atoms with E-state index in [1.165, 1.54) is 0 Å². The Labute approximate surface area is 159 Å². The van der Waals surface area contributed by atoms with Gasteiger partial charge in [0.1, 0.15) is 0 Å². The molecule has 1 aromatic rings. The van der Waals surface area contributed by atoms with Gasteiger partial charge >= 0.3 is 0 Å². The fourth-order valence-electron chi connectivity index (χ4n) is 3.90. The minimum absolute atomic E-state index is 0.0971. The van der Waals surface area contributed by atoms with Crippen LogP contribution in [0.2, 0.25) is 0 Å². The predicted molar refractivity (Wildman–Crippen MR) is 101 cm³/mol. The number of Topliss-reactive ketones (excluding diaryl/α,β-unsaturated/α-hetero) is 1. The molecule has 0 radical (unpaired) electrons. The van der Waals surface area contributed by atoms with Gasteiger partial charge in [-0.15, -0.1) is 0 Å². The molecule has 3 amide bonds. The van der Waals surface area contributed by atoms with E-state index in [1.807, 2.05) is 0 Å². The van der Waals surface area contributed by atoms with Gasteiger partial charge < -0.3 is 5.32 Å². The summed E-state index contributed by atoms with van der Waals surface area (Å²) in [6.07, 6.45) is 4.74. The summed E-state index contributed by atoms with van der Waals surface area (Å²) >= 11 is 0. The van der Waals surface area contributed by atoms with Crippen LogP contribution >= 0.6 is 0 Å². The lowest BCUT2D eigenvalue weighted by Crippen LogP contribution is -2.39. The third kappa shape index (κ3) is 3.94. The summed E-state index contributed by atoms with van der Waals surface area (Å²) in [5.41, 5.74) is 0.461. The quantitative estimate of drug-likeness (QED) is 0.637. The second-order valence-corrected chi connectivity index (χ2v) is 7.95. The number of nitrogens with zero attached hydrogens (tertiary/aromatic N) is 1. The Balaban J connectivity index is 1.65. The number of carbonyl (C=O) groups is 4. The van der Waals surface area contributed by atoms with Crippen molar-refractivity contribution in [1.29, 1.82) is 0 Å². The van der Waals surface area contributed by atoms with Crippen molar-refractivity contribution in [3.8, 4) is 0 Å². The Morgan fingerprint density at radius 1 is 1.07 bits per heavy atom. The Morgan fingerprint density at radius 3 is 2.30 bits per heavy atom. The molecular formula is C21H26N2O4. The van der Waals surface area contributed by atoms with Crippen LogP contribution in [0.1, 0.15) is 62.7 Å². The summed E-state index contributed by atoms with van der Waals surface area (Å²) in [5, 5.41) is 2.76. The molecule has 1 aromatic carbocycles. The first-order valence-corrected chi connectivity index (χ1v) is 9.61. The van der Waals surface area contributed by atoms with Crippen LogP contribution in [0.25, 0.3) is 0 Å². The first kappa shape index (κ1) is 19.3. The molecule has 1 aliphatic carbocycles. The van der Waals surface area contributed by atoms with Crippen LogP contribution in [-0.4, -0.2) is 34.9 Å². The zero-order valence-electron chi connectivity index (χ0n) is 15.9. The van der Waals surface area contributed by atoms with Crippen molar-refractivity contribution in [3.63, 3.8) is 0 Å². The second kappa shape index (κ2) is 7.62. The van der Waals surface area contributed by atoms with Crippen molar-refractivity contribution in [1.82, 2.24) is 4.90 Å².